The SMILES string of the molecule is CCNC(=NCc1ccc(Cn2ccccc2=O)cc1)NCCOc1ccccc1.I. The molecule has 0 radical (unpaired) electrons. The maximum absolute atomic E-state index is 11.8. The number of rotatable bonds is 9. The summed E-state index contributed by atoms with van der Waals surface area (Å²) >= 11 is 0. The smallest absolute Gasteiger partial charge is 0.250 e. The largest absolute Gasteiger partial charge is 0.492 e. The molecule has 6 nitrogen and oxygen atoms in total. The Bertz CT molecular complexity index is 988. The van der Waals surface area contributed by atoms with Crippen LogP contribution in [0.15, 0.2) is 88.8 Å². The fourth-order valence-corrected chi connectivity index (χ4v) is 2.91. The van der Waals surface area contributed by atoms with Gasteiger partial charge in [0.25, 0.3) is 5.56 Å². The van der Waals surface area contributed by atoms with Crippen LogP contribution in [0.25, 0.3) is 0 Å². The van der Waals surface area contributed by atoms with Gasteiger partial charge >= 0.3 is 0 Å². The van der Waals surface area contributed by atoms with Crippen LogP contribution >= 0.6 is 24.0 Å². The minimum absolute atomic E-state index is 0. The second-order valence-corrected chi connectivity index (χ2v) is 6.77. The van der Waals surface area contributed by atoms with Crippen molar-refractivity contribution in [2.24, 2.45) is 4.99 Å². The standard InChI is InChI=1S/C24H28N4O2.HI/c1-2-25-24(26-15-17-30-22-8-4-3-5-9-22)27-18-20-11-13-21(14-12-20)19-28-16-7-6-10-23(28)29;/h3-14,16H,2,15,17-19H2,1H3,(H2,25,26,27);1H. The molecule has 1 heterocycles. The molecular formula is C24H29IN4O2. The van der Waals surface area contributed by atoms with E-state index >= 15 is 0 Å². The Morgan fingerprint density at radius 3 is 2.35 bits per heavy atom. The van der Waals surface area contributed by atoms with Crippen LogP contribution in [0.3, 0.4) is 0 Å². The Hall–Kier alpha value is -2.81. The third-order valence-electron chi connectivity index (χ3n) is 4.45. The zero-order valence-corrected chi connectivity index (χ0v) is 20.0. The first-order chi connectivity index (χ1) is 14.7. The van der Waals surface area contributed by atoms with Crippen LogP contribution in [-0.2, 0) is 13.1 Å². The summed E-state index contributed by atoms with van der Waals surface area (Å²) in [5, 5.41) is 6.53. The highest BCUT2D eigenvalue weighted by Gasteiger charge is 2.00. The number of para-hydroxylation sites is 1. The summed E-state index contributed by atoms with van der Waals surface area (Å²) in [6.45, 7) is 5.18. The molecule has 2 N–H and O–H groups in total. The summed E-state index contributed by atoms with van der Waals surface area (Å²) in [7, 11) is 0. The first-order valence-electron chi connectivity index (χ1n) is 10.2. The van der Waals surface area contributed by atoms with Crippen molar-refractivity contribution >= 4 is 29.9 Å². The van der Waals surface area contributed by atoms with Gasteiger partial charge in [-0.1, -0.05) is 48.5 Å². The van der Waals surface area contributed by atoms with Crippen LogP contribution in [0.4, 0.5) is 0 Å². The summed E-state index contributed by atoms with van der Waals surface area (Å²) < 4.78 is 7.39. The van der Waals surface area contributed by atoms with Crippen molar-refractivity contribution < 1.29 is 4.74 Å². The van der Waals surface area contributed by atoms with Gasteiger partial charge in [0.1, 0.15) is 12.4 Å². The average molecular weight is 532 g/mol. The Morgan fingerprint density at radius 1 is 0.935 bits per heavy atom. The molecule has 2 aromatic carbocycles. The molecule has 0 aliphatic rings. The molecule has 0 spiro atoms. The first kappa shape index (κ1) is 24.5. The number of halogens is 1. The lowest BCUT2D eigenvalue weighted by Crippen LogP contribution is -2.39. The quantitative estimate of drug-likeness (QED) is 0.191. The van der Waals surface area contributed by atoms with Crippen molar-refractivity contribution in [1.29, 1.82) is 0 Å². The number of nitrogens with zero attached hydrogens (tertiary/aromatic N) is 2. The Kier molecular flexibility index (Phi) is 10.6. The fourth-order valence-electron chi connectivity index (χ4n) is 2.91. The molecule has 31 heavy (non-hydrogen) atoms. The van der Waals surface area contributed by atoms with E-state index in [1.54, 1.807) is 22.9 Å². The average Bonchev–Trinajstić information content (AvgIpc) is 2.78. The lowest BCUT2D eigenvalue weighted by molar-refractivity contribution is 0.322. The maximum Gasteiger partial charge on any atom is 0.250 e. The Labute approximate surface area is 200 Å². The van der Waals surface area contributed by atoms with E-state index in [0.717, 1.165) is 29.4 Å². The highest BCUT2D eigenvalue weighted by molar-refractivity contribution is 14.0. The van der Waals surface area contributed by atoms with Crippen LogP contribution in [-0.4, -0.2) is 30.2 Å². The van der Waals surface area contributed by atoms with Crippen LogP contribution in [0.5, 0.6) is 5.75 Å². The molecule has 0 atom stereocenters. The molecule has 0 amide bonds. The lowest BCUT2D eigenvalue weighted by Gasteiger charge is -2.12. The van der Waals surface area contributed by atoms with Crippen LogP contribution in [0.1, 0.15) is 18.1 Å². The molecule has 1 aromatic heterocycles. The number of nitrogens with one attached hydrogen (secondary N) is 2. The normalized spacial score (nSPS) is 10.8. The number of ether oxygens (including phenoxy) is 1. The zero-order valence-electron chi connectivity index (χ0n) is 17.7. The van der Waals surface area contributed by atoms with Gasteiger partial charge in [-0.15, -0.1) is 24.0 Å². The van der Waals surface area contributed by atoms with E-state index in [9.17, 15) is 4.79 Å². The Morgan fingerprint density at radius 2 is 1.65 bits per heavy atom. The first-order valence-corrected chi connectivity index (χ1v) is 10.2. The van der Waals surface area contributed by atoms with Gasteiger partial charge in [0.05, 0.1) is 19.6 Å². The molecule has 7 heteroatoms. The summed E-state index contributed by atoms with van der Waals surface area (Å²) in [5.41, 5.74) is 2.19. The summed E-state index contributed by atoms with van der Waals surface area (Å²) in [4.78, 5) is 16.5. The molecule has 0 saturated carbocycles. The highest BCUT2D eigenvalue weighted by atomic mass is 127. The number of hydrogen-bond acceptors (Lipinski definition) is 3. The van der Waals surface area contributed by atoms with Gasteiger partial charge in [-0.05, 0) is 36.2 Å². The van der Waals surface area contributed by atoms with Crippen LogP contribution < -0.4 is 20.9 Å². The van der Waals surface area contributed by atoms with Crippen molar-refractivity contribution in [2.75, 3.05) is 19.7 Å². The molecule has 0 unspecified atom stereocenters. The molecule has 3 aromatic rings. The summed E-state index contributed by atoms with van der Waals surface area (Å²) in [5.74, 6) is 1.62. The highest BCUT2D eigenvalue weighted by Crippen LogP contribution is 2.08. The van der Waals surface area contributed by atoms with E-state index in [-0.39, 0.29) is 29.5 Å². The van der Waals surface area contributed by atoms with Gasteiger partial charge in [0, 0.05) is 18.8 Å². The fraction of sp³-hybridized carbons (Fsp3) is 0.250. The van der Waals surface area contributed by atoms with E-state index in [2.05, 4.69) is 27.8 Å². The van der Waals surface area contributed by atoms with E-state index in [0.29, 0.717) is 26.2 Å². The van der Waals surface area contributed by atoms with Crippen molar-refractivity contribution in [2.45, 2.75) is 20.0 Å². The van der Waals surface area contributed by atoms with Gasteiger partial charge in [-0.25, -0.2) is 4.99 Å². The number of aliphatic imine (C=N–C) groups is 1. The van der Waals surface area contributed by atoms with Gasteiger partial charge < -0.3 is 19.9 Å². The topological polar surface area (TPSA) is 67.7 Å². The minimum atomic E-state index is 0. The molecule has 0 saturated heterocycles. The summed E-state index contributed by atoms with van der Waals surface area (Å²) in [6.07, 6.45) is 1.80. The van der Waals surface area contributed by atoms with Crippen molar-refractivity contribution in [3.8, 4) is 5.75 Å². The number of hydrogen-bond donors (Lipinski definition) is 2. The van der Waals surface area contributed by atoms with Gasteiger partial charge in [-0.3, -0.25) is 4.79 Å². The van der Waals surface area contributed by atoms with Crippen molar-refractivity contribution in [1.82, 2.24) is 15.2 Å². The van der Waals surface area contributed by atoms with Crippen molar-refractivity contribution in [3.05, 3.63) is 100 Å². The third-order valence-corrected chi connectivity index (χ3v) is 4.45. The van der Waals surface area contributed by atoms with Gasteiger partial charge in [0.15, 0.2) is 5.96 Å². The number of pyridine rings is 1. The van der Waals surface area contributed by atoms with Gasteiger partial charge in [0.2, 0.25) is 0 Å². The summed E-state index contributed by atoms with van der Waals surface area (Å²) in [6, 6.07) is 23.1. The zero-order chi connectivity index (χ0) is 21.0. The molecular weight excluding hydrogens is 503 g/mol. The Balaban J connectivity index is 0.00000341. The van der Waals surface area contributed by atoms with Crippen LogP contribution in [0, 0.1) is 0 Å². The van der Waals surface area contributed by atoms with Gasteiger partial charge in [-0.2, -0.15) is 0 Å². The maximum atomic E-state index is 11.8. The number of aromatic nitrogens is 1. The van der Waals surface area contributed by atoms with E-state index in [1.807, 2.05) is 55.5 Å². The van der Waals surface area contributed by atoms with E-state index in [4.69, 9.17) is 4.74 Å². The molecule has 3 rings (SSSR count). The number of guanidine groups is 1. The molecule has 0 fully saturated rings. The molecule has 164 valence electrons. The predicted molar refractivity (Wildman–Crippen MR) is 136 cm³/mol. The van der Waals surface area contributed by atoms with Crippen LogP contribution in [0.2, 0.25) is 0 Å². The lowest BCUT2D eigenvalue weighted by atomic mass is 10.1. The van der Waals surface area contributed by atoms with E-state index < -0.39 is 0 Å². The molecule has 0 aliphatic heterocycles. The molecule has 0 bridgehead atoms. The molecule has 0 aliphatic carbocycles. The predicted octanol–water partition coefficient (Wildman–Crippen LogP) is 3.65. The number of benzene rings is 2. The second-order valence-electron chi connectivity index (χ2n) is 6.77. The monoisotopic (exact) mass is 532 g/mol. The van der Waals surface area contributed by atoms with Crippen molar-refractivity contribution in [3.63, 3.8) is 0 Å². The minimum Gasteiger partial charge on any atom is -0.492 e. The van der Waals surface area contributed by atoms with E-state index in [1.165, 1.54) is 0 Å². The third kappa shape index (κ3) is 8.45. The second kappa shape index (κ2) is 13.5.